The molecule has 19 heavy (non-hydrogen) atoms. The van der Waals surface area contributed by atoms with Gasteiger partial charge >= 0.3 is 5.97 Å². The second-order valence-electron chi connectivity index (χ2n) is 3.91. The number of fused-ring (bicyclic) bond motifs is 1. The average molecular weight is 275 g/mol. The monoisotopic (exact) mass is 275 g/mol. The summed E-state index contributed by atoms with van der Waals surface area (Å²) in [5.74, 6) is -0.198. The van der Waals surface area contributed by atoms with Gasteiger partial charge in [0.25, 0.3) is 5.22 Å². The highest BCUT2D eigenvalue weighted by Gasteiger charge is 2.12. The molecule has 0 radical (unpaired) electrons. The summed E-state index contributed by atoms with van der Waals surface area (Å²) in [6.45, 7) is 1.85. The number of oxazole rings is 1. The van der Waals surface area contributed by atoms with Gasteiger partial charge in [0.05, 0.1) is 16.7 Å². The van der Waals surface area contributed by atoms with Crippen molar-refractivity contribution in [2.45, 2.75) is 17.0 Å². The molecule has 1 aromatic carbocycles. The lowest BCUT2D eigenvalue weighted by molar-refractivity contribution is 0.0697. The van der Waals surface area contributed by atoms with Crippen LogP contribution in [0.15, 0.2) is 49.5 Å². The molecule has 3 rings (SSSR count). The Labute approximate surface area is 112 Å². The summed E-state index contributed by atoms with van der Waals surface area (Å²) in [6, 6.07) is 6.44. The van der Waals surface area contributed by atoms with Crippen molar-refractivity contribution >= 4 is 28.8 Å². The Morgan fingerprint density at radius 3 is 2.89 bits per heavy atom. The summed E-state index contributed by atoms with van der Waals surface area (Å²) in [5, 5.41) is 9.38. The van der Waals surface area contributed by atoms with Crippen LogP contribution in [0.1, 0.15) is 16.1 Å². The number of hydrogen-bond donors (Lipinski definition) is 1. The number of nitrogens with zero attached hydrogens (tertiary/aromatic N) is 1. The molecule has 0 aliphatic carbocycles. The Morgan fingerprint density at radius 2 is 2.21 bits per heavy atom. The molecule has 0 atom stereocenters. The first-order chi connectivity index (χ1) is 9.13. The molecule has 0 aliphatic heterocycles. The van der Waals surface area contributed by atoms with Crippen LogP contribution in [0.5, 0.6) is 0 Å². The quantitative estimate of drug-likeness (QED) is 0.787. The van der Waals surface area contributed by atoms with Crippen molar-refractivity contribution in [3.8, 4) is 0 Å². The number of carboxylic acid groups (broad SMARTS) is 1. The van der Waals surface area contributed by atoms with Crippen molar-refractivity contribution in [2.75, 3.05) is 0 Å². The molecule has 1 N–H and O–H groups in total. The van der Waals surface area contributed by atoms with Gasteiger partial charge in [-0.1, -0.05) is 0 Å². The van der Waals surface area contributed by atoms with Crippen molar-refractivity contribution in [3.05, 3.63) is 41.9 Å². The van der Waals surface area contributed by atoms with E-state index in [0.29, 0.717) is 16.3 Å². The second-order valence-corrected chi connectivity index (χ2v) is 4.90. The molecule has 6 heteroatoms. The zero-order valence-electron chi connectivity index (χ0n) is 9.91. The molecular weight excluding hydrogens is 266 g/mol. The van der Waals surface area contributed by atoms with Crippen LogP contribution in [0.25, 0.3) is 11.1 Å². The number of aromatic nitrogens is 1. The predicted octanol–water partition coefficient (Wildman–Crippen LogP) is 3.58. The van der Waals surface area contributed by atoms with Gasteiger partial charge in [-0.2, -0.15) is 0 Å². The van der Waals surface area contributed by atoms with Gasteiger partial charge in [0.1, 0.15) is 11.3 Å². The van der Waals surface area contributed by atoms with Crippen LogP contribution in [-0.4, -0.2) is 16.1 Å². The Morgan fingerprint density at radius 1 is 1.37 bits per heavy atom. The topological polar surface area (TPSA) is 76.5 Å². The fraction of sp³-hybridized carbons (Fsp3) is 0.0769. The van der Waals surface area contributed by atoms with E-state index in [1.807, 2.05) is 13.0 Å². The van der Waals surface area contributed by atoms with E-state index in [4.69, 9.17) is 13.9 Å². The van der Waals surface area contributed by atoms with Crippen molar-refractivity contribution < 1.29 is 18.7 Å². The maximum absolute atomic E-state index is 10.9. The molecule has 0 saturated heterocycles. The van der Waals surface area contributed by atoms with Crippen molar-refractivity contribution in [1.82, 2.24) is 4.98 Å². The maximum atomic E-state index is 10.9. The van der Waals surface area contributed by atoms with Gasteiger partial charge in [-0.15, -0.1) is 0 Å². The number of rotatable bonds is 3. The average Bonchev–Trinajstić information content (AvgIpc) is 2.95. The molecule has 0 spiro atoms. The third kappa shape index (κ3) is 2.22. The van der Waals surface area contributed by atoms with E-state index in [1.165, 1.54) is 23.9 Å². The molecule has 0 fully saturated rings. The Kier molecular flexibility index (Phi) is 2.79. The van der Waals surface area contributed by atoms with Gasteiger partial charge < -0.3 is 13.9 Å². The lowest BCUT2D eigenvalue weighted by Gasteiger charge is -1.92. The van der Waals surface area contributed by atoms with Gasteiger partial charge in [-0.25, -0.2) is 9.78 Å². The normalized spacial score (nSPS) is 11.0. The molecular formula is C13H9NO4S. The standard InChI is InChI=1S/C13H9NO4S/c1-7-11(4-5-17-7)19-13-14-9-3-2-8(12(15)16)6-10(9)18-13/h2-6H,1H3,(H,15,16). The van der Waals surface area contributed by atoms with E-state index in [2.05, 4.69) is 4.98 Å². The van der Waals surface area contributed by atoms with E-state index in [-0.39, 0.29) is 5.56 Å². The number of furan rings is 1. The molecule has 0 aliphatic rings. The number of aromatic carboxylic acids is 1. The Balaban J connectivity index is 1.97. The molecule has 3 aromatic rings. The summed E-state index contributed by atoms with van der Waals surface area (Å²) < 4.78 is 10.7. The molecule has 0 amide bonds. The molecule has 96 valence electrons. The van der Waals surface area contributed by atoms with Crippen LogP contribution < -0.4 is 0 Å². The van der Waals surface area contributed by atoms with Crippen LogP contribution in [0.3, 0.4) is 0 Å². The van der Waals surface area contributed by atoms with Crippen molar-refractivity contribution in [1.29, 1.82) is 0 Å². The first kappa shape index (κ1) is 11.9. The summed E-state index contributed by atoms with van der Waals surface area (Å²) in [4.78, 5) is 16.1. The van der Waals surface area contributed by atoms with Crippen LogP contribution in [0.4, 0.5) is 0 Å². The van der Waals surface area contributed by atoms with Gasteiger partial charge in [-0.3, -0.25) is 0 Å². The van der Waals surface area contributed by atoms with E-state index in [9.17, 15) is 4.79 Å². The summed E-state index contributed by atoms with van der Waals surface area (Å²) in [7, 11) is 0. The van der Waals surface area contributed by atoms with E-state index >= 15 is 0 Å². The van der Waals surface area contributed by atoms with Gasteiger partial charge in [0.15, 0.2) is 5.58 Å². The van der Waals surface area contributed by atoms with E-state index < -0.39 is 5.97 Å². The van der Waals surface area contributed by atoms with Gasteiger partial charge in [0, 0.05) is 0 Å². The highest BCUT2D eigenvalue weighted by atomic mass is 32.2. The minimum atomic E-state index is -0.988. The second kappa shape index (κ2) is 4.47. The summed E-state index contributed by atoms with van der Waals surface area (Å²) in [5.41, 5.74) is 1.27. The number of aryl methyl sites for hydroxylation is 1. The zero-order chi connectivity index (χ0) is 13.4. The van der Waals surface area contributed by atoms with Gasteiger partial charge in [-0.05, 0) is 43.0 Å². The summed E-state index contributed by atoms with van der Waals surface area (Å²) >= 11 is 1.34. The van der Waals surface area contributed by atoms with Crippen molar-refractivity contribution in [2.24, 2.45) is 0 Å². The van der Waals surface area contributed by atoms with E-state index in [0.717, 1.165) is 10.7 Å². The minimum absolute atomic E-state index is 0.180. The number of benzene rings is 1. The molecule has 0 saturated carbocycles. The lowest BCUT2D eigenvalue weighted by atomic mass is 10.2. The number of hydrogen-bond acceptors (Lipinski definition) is 5. The first-order valence-corrected chi connectivity index (χ1v) is 6.31. The molecule has 2 aromatic heterocycles. The third-order valence-electron chi connectivity index (χ3n) is 2.62. The smallest absolute Gasteiger partial charge is 0.335 e. The molecule has 0 unspecified atom stereocenters. The number of carbonyl (C=O) groups is 1. The molecule has 2 heterocycles. The van der Waals surface area contributed by atoms with Crippen molar-refractivity contribution in [3.63, 3.8) is 0 Å². The van der Waals surface area contributed by atoms with Crippen LogP contribution in [0, 0.1) is 6.92 Å². The highest BCUT2D eigenvalue weighted by molar-refractivity contribution is 7.99. The number of carboxylic acids is 1. The fourth-order valence-electron chi connectivity index (χ4n) is 1.65. The Bertz CT molecular complexity index is 759. The Hall–Kier alpha value is -2.21. The van der Waals surface area contributed by atoms with Crippen LogP contribution in [-0.2, 0) is 0 Å². The molecule has 5 nitrogen and oxygen atoms in total. The predicted molar refractivity (Wildman–Crippen MR) is 68.5 cm³/mol. The first-order valence-electron chi connectivity index (χ1n) is 5.49. The third-order valence-corrected chi connectivity index (χ3v) is 3.62. The maximum Gasteiger partial charge on any atom is 0.335 e. The summed E-state index contributed by atoms with van der Waals surface area (Å²) in [6.07, 6.45) is 1.60. The van der Waals surface area contributed by atoms with E-state index in [1.54, 1.807) is 12.3 Å². The van der Waals surface area contributed by atoms with Gasteiger partial charge in [0.2, 0.25) is 0 Å². The van der Waals surface area contributed by atoms with Crippen LogP contribution in [0.2, 0.25) is 0 Å². The molecule has 0 bridgehead atoms. The largest absolute Gasteiger partial charge is 0.478 e. The SMILES string of the molecule is Cc1occc1Sc1nc2ccc(C(=O)O)cc2o1. The zero-order valence-corrected chi connectivity index (χ0v) is 10.7. The lowest BCUT2D eigenvalue weighted by Crippen LogP contribution is -1.94. The van der Waals surface area contributed by atoms with Crippen LogP contribution >= 0.6 is 11.8 Å². The fourth-order valence-corrected chi connectivity index (χ4v) is 2.43. The minimum Gasteiger partial charge on any atom is -0.478 e. The highest BCUT2D eigenvalue weighted by Crippen LogP contribution is 2.32.